The molecule has 202 valence electrons. The molecule has 2 aliphatic heterocycles. The molecule has 2 unspecified atom stereocenters. The van der Waals surface area contributed by atoms with E-state index >= 15 is 0 Å². The van der Waals surface area contributed by atoms with Crippen LogP contribution >= 0.6 is 12.2 Å². The summed E-state index contributed by atoms with van der Waals surface area (Å²) in [5.74, 6) is -1.12. The third-order valence-electron chi connectivity index (χ3n) is 8.89. The zero-order chi connectivity index (χ0) is 27.1. The Hall–Kier alpha value is -2.54. The number of nitrogens with one attached hydrogen (secondary N) is 3. The van der Waals surface area contributed by atoms with Crippen molar-refractivity contribution >= 4 is 41.3 Å². The van der Waals surface area contributed by atoms with Crippen LogP contribution in [0.2, 0.25) is 0 Å². The molecule has 10 heteroatoms. The van der Waals surface area contributed by atoms with Gasteiger partial charge in [0.2, 0.25) is 17.7 Å². The number of hydrogen-bond donors (Lipinski definition) is 3. The van der Waals surface area contributed by atoms with Crippen LogP contribution < -0.4 is 16.0 Å². The average molecular weight is 529 g/mol. The normalized spacial score (nSPS) is 30.1. The average Bonchev–Trinajstić information content (AvgIpc) is 3.15. The summed E-state index contributed by atoms with van der Waals surface area (Å²) in [6, 6.07) is 1.07. The van der Waals surface area contributed by atoms with Gasteiger partial charge in [-0.25, -0.2) is 4.99 Å². The summed E-state index contributed by atoms with van der Waals surface area (Å²) in [7, 11) is 0. The molecule has 0 radical (unpaired) electrons. The Kier molecular flexibility index (Phi) is 7.67. The van der Waals surface area contributed by atoms with Crippen LogP contribution in [0.4, 0.5) is 0 Å². The molecule has 4 aliphatic rings. The summed E-state index contributed by atoms with van der Waals surface area (Å²) in [5.41, 5.74) is -0.479. The monoisotopic (exact) mass is 528 g/mol. The second kappa shape index (κ2) is 10.3. The molecule has 9 nitrogen and oxygen atoms in total. The van der Waals surface area contributed by atoms with Crippen LogP contribution in [-0.2, 0) is 14.4 Å². The smallest absolute Gasteiger partial charge is 0.244 e. The molecule has 2 heterocycles. The predicted octanol–water partition coefficient (Wildman–Crippen LogP) is 2.16. The van der Waals surface area contributed by atoms with Gasteiger partial charge in [0.15, 0.2) is 5.11 Å². The maximum atomic E-state index is 13.9. The van der Waals surface area contributed by atoms with E-state index < -0.39 is 23.4 Å². The molecule has 0 aromatic rings. The van der Waals surface area contributed by atoms with Gasteiger partial charge in [-0.3, -0.25) is 14.4 Å². The van der Waals surface area contributed by atoms with Crippen molar-refractivity contribution in [3.63, 3.8) is 0 Å². The molecule has 0 aromatic carbocycles. The lowest BCUT2D eigenvalue weighted by Crippen LogP contribution is -2.54. The molecule has 4 fully saturated rings. The summed E-state index contributed by atoms with van der Waals surface area (Å²) < 4.78 is 0. The van der Waals surface area contributed by atoms with E-state index in [-0.39, 0.29) is 47.3 Å². The molecule has 37 heavy (non-hydrogen) atoms. The van der Waals surface area contributed by atoms with E-state index in [4.69, 9.17) is 12.2 Å². The molecule has 0 spiro atoms. The van der Waals surface area contributed by atoms with Crippen LogP contribution in [0.15, 0.2) is 4.99 Å². The Bertz CT molecular complexity index is 1020. The fourth-order valence-corrected chi connectivity index (χ4v) is 6.34. The number of thiocarbonyl (C=S) groups is 1. The quantitative estimate of drug-likeness (QED) is 0.343. The largest absolute Gasteiger partial charge is 0.358 e. The number of carbonyl (C=O) groups excluding carboxylic acids is 3. The maximum absolute atomic E-state index is 13.9. The van der Waals surface area contributed by atoms with Crippen LogP contribution in [0.5, 0.6) is 0 Å². The van der Waals surface area contributed by atoms with Gasteiger partial charge in [-0.1, -0.05) is 34.6 Å². The third-order valence-corrected chi connectivity index (χ3v) is 9.11. The summed E-state index contributed by atoms with van der Waals surface area (Å²) in [6.45, 7) is 11.3. The first-order valence-electron chi connectivity index (χ1n) is 13.5. The highest BCUT2D eigenvalue weighted by Gasteiger charge is 2.69. The molecule has 2 saturated heterocycles. The van der Waals surface area contributed by atoms with Crippen LogP contribution in [0, 0.1) is 45.8 Å². The number of likely N-dealkylation sites (tertiary alicyclic amines) is 1. The Labute approximate surface area is 225 Å². The number of nitrogens with zero attached hydrogens (tertiary/aromatic N) is 3. The first-order valence-corrected chi connectivity index (χ1v) is 13.9. The zero-order valence-electron chi connectivity index (χ0n) is 22.5. The summed E-state index contributed by atoms with van der Waals surface area (Å²) in [5, 5.41) is 19.0. The number of rotatable bonds is 7. The van der Waals surface area contributed by atoms with Crippen LogP contribution in [0.3, 0.4) is 0 Å². The van der Waals surface area contributed by atoms with Crippen LogP contribution in [0.1, 0.15) is 66.7 Å². The first-order chi connectivity index (χ1) is 17.3. The fraction of sp³-hybridized carbons (Fsp3) is 0.778. The molecule has 3 N–H and O–H groups in total. The molecular formula is C27H40N6O3S. The van der Waals surface area contributed by atoms with Crippen molar-refractivity contribution in [3.05, 3.63) is 0 Å². The molecular weight excluding hydrogens is 488 g/mol. The van der Waals surface area contributed by atoms with Gasteiger partial charge in [-0.05, 0) is 67.0 Å². The number of fused-ring (bicyclic) bond motifs is 1. The van der Waals surface area contributed by atoms with Crippen LogP contribution in [-0.4, -0.2) is 65.2 Å². The maximum Gasteiger partial charge on any atom is 0.244 e. The minimum absolute atomic E-state index is 0.0319. The second-order valence-corrected chi connectivity index (χ2v) is 13.2. The van der Waals surface area contributed by atoms with Crippen molar-refractivity contribution in [2.45, 2.75) is 84.8 Å². The number of piperidine rings is 1. The Balaban J connectivity index is 1.49. The van der Waals surface area contributed by atoms with Gasteiger partial charge >= 0.3 is 0 Å². The van der Waals surface area contributed by atoms with E-state index in [1.807, 2.05) is 20.8 Å². The Morgan fingerprint density at radius 2 is 2.03 bits per heavy atom. The van der Waals surface area contributed by atoms with Gasteiger partial charge in [0.25, 0.3) is 0 Å². The van der Waals surface area contributed by atoms with Gasteiger partial charge in [0.1, 0.15) is 12.1 Å². The highest BCUT2D eigenvalue weighted by molar-refractivity contribution is 7.80. The first kappa shape index (κ1) is 27.5. The molecule has 4 rings (SSSR count). The lowest BCUT2D eigenvalue weighted by Gasteiger charge is -2.36. The van der Waals surface area contributed by atoms with E-state index in [0.717, 1.165) is 12.8 Å². The molecule has 6 atom stereocenters. The standard InChI is InChI=1S/C27H40N6O3S/c1-26(2,3)18(13-30-25(37)32-16-7-6-8-16)24(36)33-14-19-20(27(19,4)5)21(33)23(35)31-17(12-28)11-15-9-10-29-22(15)34/h13,15-21H,6-11,14H2,1-5H3,(H,29,34)(H,31,35)(H,32,37)/b30-13+/t15-,17-,18?,19-,20?,21-/m0/s1. The zero-order valence-corrected chi connectivity index (χ0v) is 23.4. The molecule has 0 aromatic heterocycles. The van der Waals surface area contributed by atoms with Crippen molar-refractivity contribution in [1.29, 1.82) is 5.26 Å². The fourth-order valence-electron chi connectivity index (χ4n) is 6.11. The SMILES string of the molecule is CC(C)(C)C(/C=N/C(=S)NC1CCC1)C(=O)N1C[C@H]2C([C@H]1C(=O)N[C@H](C#N)C[C@@H]1CCNC1=O)C2(C)C. The number of carbonyl (C=O) groups is 3. The molecule has 2 saturated carbocycles. The van der Waals surface area contributed by atoms with Crippen molar-refractivity contribution in [2.75, 3.05) is 13.1 Å². The number of hydrogen-bond acceptors (Lipinski definition) is 5. The third kappa shape index (κ3) is 5.66. The van der Waals surface area contributed by atoms with E-state index in [0.29, 0.717) is 30.7 Å². The topological polar surface area (TPSA) is 127 Å². The highest BCUT2D eigenvalue weighted by Crippen LogP contribution is 2.65. The highest BCUT2D eigenvalue weighted by atomic mass is 32.1. The van der Waals surface area contributed by atoms with Crippen molar-refractivity contribution in [1.82, 2.24) is 20.9 Å². The predicted molar refractivity (Wildman–Crippen MR) is 144 cm³/mol. The van der Waals surface area contributed by atoms with E-state index in [1.165, 1.54) is 6.42 Å². The Morgan fingerprint density at radius 3 is 2.57 bits per heavy atom. The second-order valence-electron chi connectivity index (χ2n) is 12.8. The summed E-state index contributed by atoms with van der Waals surface area (Å²) in [6.07, 6.45) is 5.91. The van der Waals surface area contributed by atoms with Crippen molar-refractivity contribution in [3.8, 4) is 6.07 Å². The number of aliphatic imine (C=N–C) groups is 1. The minimum Gasteiger partial charge on any atom is -0.358 e. The lowest BCUT2D eigenvalue weighted by molar-refractivity contribution is -0.144. The number of nitriles is 1. The van der Waals surface area contributed by atoms with Gasteiger partial charge < -0.3 is 20.9 Å². The summed E-state index contributed by atoms with van der Waals surface area (Å²) in [4.78, 5) is 45.6. The van der Waals surface area contributed by atoms with E-state index in [9.17, 15) is 19.6 Å². The van der Waals surface area contributed by atoms with Gasteiger partial charge in [0, 0.05) is 31.3 Å². The molecule has 2 aliphatic carbocycles. The van der Waals surface area contributed by atoms with E-state index in [2.05, 4.69) is 40.9 Å². The van der Waals surface area contributed by atoms with Gasteiger partial charge in [0.05, 0.1) is 12.0 Å². The Morgan fingerprint density at radius 1 is 1.32 bits per heavy atom. The molecule has 0 bridgehead atoms. The van der Waals surface area contributed by atoms with Gasteiger partial charge in [-0.2, -0.15) is 5.26 Å². The van der Waals surface area contributed by atoms with Crippen molar-refractivity contribution in [2.24, 2.45) is 39.5 Å². The van der Waals surface area contributed by atoms with Crippen molar-refractivity contribution < 1.29 is 14.4 Å². The molecule has 3 amide bonds. The van der Waals surface area contributed by atoms with E-state index in [1.54, 1.807) is 11.1 Å². The van der Waals surface area contributed by atoms with Crippen LogP contribution in [0.25, 0.3) is 0 Å². The minimum atomic E-state index is -0.783. The lowest BCUT2D eigenvalue weighted by atomic mass is 9.80. The number of amides is 3. The van der Waals surface area contributed by atoms with Gasteiger partial charge in [-0.15, -0.1) is 0 Å². The summed E-state index contributed by atoms with van der Waals surface area (Å²) >= 11 is 5.38.